The normalized spacial score (nSPS) is 12.8. The summed E-state index contributed by atoms with van der Waals surface area (Å²) in [7, 11) is 0. The number of halogens is 2. The average Bonchev–Trinajstić information content (AvgIpc) is 2.93. The Morgan fingerprint density at radius 1 is 0.838 bits per heavy atom. The molecule has 0 aromatic heterocycles. The fraction of sp³-hybridized carbons (Fsp3) is 0.219. The zero-order valence-electron chi connectivity index (χ0n) is 21.1. The van der Waals surface area contributed by atoms with Gasteiger partial charge in [0.1, 0.15) is 11.6 Å². The largest absolute Gasteiger partial charge is 0.466 e. The van der Waals surface area contributed by atoms with E-state index in [1.807, 2.05) is 54.6 Å². The van der Waals surface area contributed by atoms with Crippen molar-refractivity contribution in [1.82, 2.24) is 4.90 Å². The Morgan fingerprint density at radius 2 is 1.51 bits per heavy atom. The second kappa shape index (κ2) is 12.4. The van der Waals surface area contributed by atoms with Crippen molar-refractivity contribution in [2.45, 2.75) is 38.9 Å². The molecule has 0 N–H and O–H groups in total. The lowest BCUT2D eigenvalue weighted by atomic mass is 9.94. The molecule has 190 valence electrons. The molecule has 0 saturated heterocycles. The monoisotopic (exact) mass is 499 g/mol. The Bertz CT molecular complexity index is 1310. The maximum absolute atomic E-state index is 14.6. The molecule has 0 saturated carbocycles. The van der Waals surface area contributed by atoms with E-state index >= 15 is 0 Å². The maximum atomic E-state index is 14.6. The summed E-state index contributed by atoms with van der Waals surface area (Å²) >= 11 is 0. The fourth-order valence-corrected chi connectivity index (χ4v) is 4.67. The summed E-state index contributed by atoms with van der Waals surface area (Å²) in [6.07, 6.45) is 0.118. The topological polar surface area (TPSA) is 29.5 Å². The molecule has 0 fully saturated rings. The van der Waals surface area contributed by atoms with E-state index in [2.05, 4.69) is 36.1 Å². The van der Waals surface area contributed by atoms with Crippen LogP contribution in [-0.4, -0.2) is 17.5 Å². The van der Waals surface area contributed by atoms with Crippen molar-refractivity contribution in [2.24, 2.45) is 0 Å². The minimum absolute atomic E-state index is 0.0459. The number of esters is 1. The van der Waals surface area contributed by atoms with E-state index in [-0.39, 0.29) is 36.6 Å². The van der Waals surface area contributed by atoms with Gasteiger partial charge in [0.25, 0.3) is 0 Å². The predicted octanol–water partition coefficient (Wildman–Crippen LogP) is 7.89. The van der Waals surface area contributed by atoms with Gasteiger partial charge in [-0.05, 0) is 60.4 Å². The van der Waals surface area contributed by atoms with Gasteiger partial charge in [0.2, 0.25) is 0 Å². The van der Waals surface area contributed by atoms with Crippen LogP contribution in [-0.2, 0) is 16.1 Å². The number of rotatable bonds is 10. The van der Waals surface area contributed by atoms with Crippen molar-refractivity contribution in [3.63, 3.8) is 0 Å². The lowest BCUT2D eigenvalue weighted by molar-refractivity contribution is -0.145. The zero-order valence-corrected chi connectivity index (χ0v) is 21.1. The van der Waals surface area contributed by atoms with Gasteiger partial charge < -0.3 is 4.74 Å². The highest BCUT2D eigenvalue weighted by molar-refractivity contribution is 5.71. The molecule has 2 atom stereocenters. The minimum Gasteiger partial charge on any atom is -0.466 e. The van der Waals surface area contributed by atoms with Crippen LogP contribution in [0.1, 0.15) is 49.0 Å². The second-order valence-corrected chi connectivity index (χ2v) is 9.02. The van der Waals surface area contributed by atoms with E-state index in [4.69, 9.17) is 4.74 Å². The van der Waals surface area contributed by atoms with E-state index in [1.165, 1.54) is 6.07 Å². The van der Waals surface area contributed by atoms with Crippen molar-refractivity contribution in [1.29, 1.82) is 0 Å². The van der Waals surface area contributed by atoms with Crippen LogP contribution >= 0.6 is 0 Å². The predicted molar refractivity (Wildman–Crippen MR) is 143 cm³/mol. The van der Waals surface area contributed by atoms with E-state index in [1.54, 1.807) is 13.0 Å². The van der Waals surface area contributed by atoms with Crippen LogP contribution in [0.15, 0.2) is 103 Å². The Labute approximate surface area is 217 Å². The average molecular weight is 500 g/mol. The van der Waals surface area contributed by atoms with Gasteiger partial charge in [-0.25, -0.2) is 8.78 Å². The van der Waals surface area contributed by atoms with Gasteiger partial charge in [0.15, 0.2) is 0 Å². The number of hydrogen-bond acceptors (Lipinski definition) is 3. The molecule has 37 heavy (non-hydrogen) atoms. The highest BCUT2D eigenvalue weighted by Gasteiger charge is 2.29. The lowest BCUT2D eigenvalue weighted by Crippen LogP contribution is -2.33. The molecular formula is C32H31F2NO2. The van der Waals surface area contributed by atoms with Gasteiger partial charge in [-0.1, -0.05) is 78.9 Å². The quantitative estimate of drug-likeness (QED) is 0.208. The van der Waals surface area contributed by atoms with Crippen molar-refractivity contribution in [2.75, 3.05) is 6.61 Å². The molecule has 0 unspecified atom stereocenters. The number of nitrogens with zero attached hydrogens (tertiary/aromatic N) is 1. The standard InChI is InChI=1S/C32H31F2NO2/c1-3-37-32(36)21-31(27-16-10-15-26(19-27)29-20-28(33)17-18-30(29)34)35(22-24-11-6-4-7-12-24)23(2)25-13-8-5-9-14-25/h4-20,23,31H,3,21-22H2,1-2H3/t23-,31+/m1/s1. The second-order valence-electron chi connectivity index (χ2n) is 9.02. The molecule has 4 aromatic carbocycles. The van der Waals surface area contributed by atoms with Gasteiger partial charge in [-0.15, -0.1) is 0 Å². The highest BCUT2D eigenvalue weighted by atomic mass is 19.1. The number of ether oxygens (including phenoxy) is 1. The highest BCUT2D eigenvalue weighted by Crippen LogP contribution is 2.36. The summed E-state index contributed by atoms with van der Waals surface area (Å²) < 4.78 is 34.0. The minimum atomic E-state index is -0.506. The van der Waals surface area contributed by atoms with Crippen LogP contribution in [0.5, 0.6) is 0 Å². The van der Waals surface area contributed by atoms with Crippen molar-refractivity contribution >= 4 is 5.97 Å². The maximum Gasteiger partial charge on any atom is 0.307 e. The van der Waals surface area contributed by atoms with Crippen LogP contribution in [0.25, 0.3) is 11.1 Å². The number of benzene rings is 4. The van der Waals surface area contributed by atoms with E-state index in [0.29, 0.717) is 12.1 Å². The molecule has 0 aliphatic heterocycles. The smallest absolute Gasteiger partial charge is 0.307 e. The van der Waals surface area contributed by atoms with E-state index in [9.17, 15) is 13.6 Å². The Kier molecular flexibility index (Phi) is 8.81. The van der Waals surface area contributed by atoms with Crippen LogP contribution < -0.4 is 0 Å². The summed E-state index contributed by atoms with van der Waals surface area (Å²) in [5.74, 6) is -1.32. The molecule has 4 aromatic rings. The van der Waals surface area contributed by atoms with Crippen molar-refractivity contribution < 1.29 is 18.3 Å². The zero-order chi connectivity index (χ0) is 26.2. The lowest BCUT2D eigenvalue weighted by Gasteiger charge is -2.37. The molecule has 0 aliphatic rings. The van der Waals surface area contributed by atoms with Crippen LogP contribution in [0.3, 0.4) is 0 Å². The van der Waals surface area contributed by atoms with Gasteiger partial charge >= 0.3 is 5.97 Å². The van der Waals surface area contributed by atoms with Gasteiger partial charge in [-0.2, -0.15) is 0 Å². The molecule has 0 bridgehead atoms. The summed E-state index contributed by atoms with van der Waals surface area (Å²) in [5, 5.41) is 0. The number of carbonyl (C=O) groups excluding carboxylic acids is 1. The van der Waals surface area contributed by atoms with Crippen molar-refractivity contribution in [3.8, 4) is 11.1 Å². The third-order valence-electron chi connectivity index (χ3n) is 6.56. The molecule has 3 nitrogen and oxygen atoms in total. The summed E-state index contributed by atoms with van der Waals surface area (Å²) in [6, 6.07) is 30.6. The molecule has 0 aliphatic carbocycles. The third-order valence-corrected chi connectivity index (χ3v) is 6.56. The van der Waals surface area contributed by atoms with E-state index in [0.717, 1.165) is 28.8 Å². The molecule has 0 heterocycles. The van der Waals surface area contributed by atoms with Gasteiger partial charge in [0, 0.05) is 24.2 Å². The molecule has 0 radical (unpaired) electrons. The van der Waals surface area contributed by atoms with Gasteiger partial charge in [0.05, 0.1) is 13.0 Å². The Morgan fingerprint density at radius 3 is 2.22 bits per heavy atom. The summed E-state index contributed by atoms with van der Waals surface area (Å²) in [4.78, 5) is 15.1. The fourth-order valence-electron chi connectivity index (χ4n) is 4.67. The SMILES string of the molecule is CCOC(=O)C[C@@H](c1cccc(-c2cc(F)ccc2F)c1)N(Cc1ccccc1)[C@H](C)c1ccccc1. The van der Waals surface area contributed by atoms with Gasteiger partial charge in [-0.3, -0.25) is 9.69 Å². The van der Waals surface area contributed by atoms with Crippen LogP contribution in [0.2, 0.25) is 0 Å². The van der Waals surface area contributed by atoms with Crippen LogP contribution in [0.4, 0.5) is 8.78 Å². The third kappa shape index (κ3) is 6.69. The first kappa shape index (κ1) is 26.2. The molecule has 4 rings (SSSR count). The summed E-state index contributed by atoms with van der Waals surface area (Å²) in [6.45, 7) is 4.77. The van der Waals surface area contributed by atoms with Crippen LogP contribution in [0, 0.1) is 11.6 Å². The number of hydrogen-bond donors (Lipinski definition) is 0. The molecule has 0 amide bonds. The Balaban J connectivity index is 1.81. The molecule has 5 heteroatoms. The number of carbonyl (C=O) groups is 1. The first-order chi connectivity index (χ1) is 18.0. The van der Waals surface area contributed by atoms with Crippen molar-refractivity contribution in [3.05, 3.63) is 131 Å². The molecular weight excluding hydrogens is 468 g/mol. The van der Waals surface area contributed by atoms with E-state index < -0.39 is 11.6 Å². The summed E-state index contributed by atoms with van der Waals surface area (Å²) in [5.41, 5.74) is 3.77. The Hall–Kier alpha value is -3.83. The first-order valence-electron chi connectivity index (χ1n) is 12.5. The molecule has 0 spiro atoms. The first-order valence-corrected chi connectivity index (χ1v) is 12.5.